The highest BCUT2D eigenvalue weighted by atomic mass is 35.5. The summed E-state index contributed by atoms with van der Waals surface area (Å²) in [4.78, 5) is 0. The van der Waals surface area contributed by atoms with Crippen molar-refractivity contribution < 1.29 is 8.60 Å². The molecule has 1 rings (SSSR count). The first-order chi connectivity index (χ1) is 7.90. The minimum Gasteiger partial charge on any atom is -0.307 e. The van der Waals surface area contributed by atoms with Crippen LogP contribution in [0.5, 0.6) is 0 Å². The average Bonchev–Trinajstić information content (AvgIpc) is 2.20. The van der Waals surface area contributed by atoms with Crippen LogP contribution < -0.4 is 5.32 Å². The van der Waals surface area contributed by atoms with Gasteiger partial charge in [-0.15, -0.1) is 0 Å². The van der Waals surface area contributed by atoms with Crippen LogP contribution in [0.15, 0.2) is 18.2 Å². The molecule has 0 aliphatic carbocycles. The maximum absolute atomic E-state index is 13.0. The van der Waals surface area contributed by atoms with E-state index in [1.165, 1.54) is 6.07 Å². The van der Waals surface area contributed by atoms with Gasteiger partial charge in [0.25, 0.3) is 0 Å². The van der Waals surface area contributed by atoms with Gasteiger partial charge in [0.15, 0.2) is 0 Å². The molecule has 0 bridgehead atoms. The van der Waals surface area contributed by atoms with Crippen molar-refractivity contribution in [2.24, 2.45) is 0 Å². The maximum atomic E-state index is 13.0. The predicted molar refractivity (Wildman–Crippen MR) is 71.4 cm³/mol. The van der Waals surface area contributed by atoms with E-state index in [2.05, 4.69) is 5.32 Å². The molecule has 2 nitrogen and oxygen atoms in total. The van der Waals surface area contributed by atoms with Crippen LogP contribution in [0.2, 0.25) is 5.02 Å². The molecule has 0 spiro atoms. The Hall–Kier alpha value is -0.450. The van der Waals surface area contributed by atoms with Crippen LogP contribution >= 0.6 is 11.6 Å². The van der Waals surface area contributed by atoms with E-state index in [0.29, 0.717) is 5.75 Å². The van der Waals surface area contributed by atoms with E-state index in [4.69, 9.17) is 11.6 Å². The zero-order chi connectivity index (χ0) is 13.0. The molecule has 0 aliphatic rings. The van der Waals surface area contributed by atoms with Gasteiger partial charge in [-0.3, -0.25) is 4.21 Å². The van der Waals surface area contributed by atoms with Crippen molar-refractivity contribution in [1.29, 1.82) is 0 Å². The minimum absolute atomic E-state index is 0.0478. The van der Waals surface area contributed by atoms with Crippen molar-refractivity contribution in [3.63, 3.8) is 0 Å². The fourth-order valence-electron chi connectivity index (χ4n) is 1.70. The van der Waals surface area contributed by atoms with E-state index < -0.39 is 16.6 Å². The normalized spacial score (nSPS) is 16.5. The Morgan fingerprint density at radius 3 is 2.65 bits per heavy atom. The fraction of sp³-hybridized carbons (Fsp3) is 0.500. The summed E-state index contributed by atoms with van der Waals surface area (Å²) in [7, 11) is -0.825. The highest BCUT2D eigenvalue weighted by Crippen LogP contribution is 2.20. The molecule has 17 heavy (non-hydrogen) atoms. The van der Waals surface area contributed by atoms with E-state index in [-0.39, 0.29) is 17.1 Å². The van der Waals surface area contributed by atoms with Gasteiger partial charge in [0.05, 0.1) is 5.02 Å². The van der Waals surface area contributed by atoms with Gasteiger partial charge in [-0.05, 0) is 31.5 Å². The van der Waals surface area contributed by atoms with E-state index in [0.717, 1.165) is 5.56 Å². The summed E-state index contributed by atoms with van der Waals surface area (Å²) in [6, 6.07) is 4.86. The number of benzene rings is 1. The summed E-state index contributed by atoms with van der Waals surface area (Å²) >= 11 is 5.73. The summed E-state index contributed by atoms with van der Waals surface area (Å²) in [6.07, 6.45) is 1.68. The van der Waals surface area contributed by atoms with Gasteiger partial charge in [-0.25, -0.2) is 4.39 Å². The lowest BCUT2D eigenvalue weighted by Gasteiger charge is -2.19. The van der Waals surface area contributed by atoms with Crippen molar-refractivity contribution in [3.05, 3.63) is 34.6 Å². The molecular formula is C12H17ClFNOS. The molecule has 0 saturated carbocycles. The molecular weight excluding hydrogens is 261 g/mol. The van der Waals surface area contributed by atoms with Crippen LogP contribution in [0, 0.1) is 5.82 Å². The van der Waals surface area contributed by atoms with Crippen LogP contribution in [0.4, 0.5) is 4.39 Å². The van der Waals surface area contributed by atoms with E-state index in [1.807, 2.05) is 13.8 Å². The van der Waals surface area contributed by atoms with Gasteiger partial charge in [0.2, 0.25) is 0 Å². The van der Waals surface area contributed by atoms with Gasteiger partial charge >= 0.3 is 0 Å². The number of hydrogen-bond acceptors (Lipinski definition) is 2. The van der Waals surface area contributed by atoms with Crippen LogP contribution in [0.25, 0.3) is 0 Å². The van der Waals surface area contributed by atoms with Crippen molar-refractivity contribution >= 4 is 22.4 Å². The van der Waals surface area contributed by atoms with Gasteiger partial charge in [-0.1, -0.05) is 17.7 Å². The first-order valence-corrected chi connectivity index (χ1v) is 7.51. The first kappa shape index (κ1) is 14.6. The van der Waals surface area contributed by atoms with Crippen LogP contribution in [-0.2, 0) is 10.8 Å². The molecule has 1 N–H and O–H groups in total. The number of rotatable bonds is 5. The second-order valence-electron chi connectivity index (χ2n) is 4.20. The largest absolute Gasteiger partial charge is 0.307 e. The van der Waals surface area contributed by atoms with Crippen molar-refractivity contribution in [2.45, 2.75) is 25.9 Å². The third kappa shape index (κ3) is 4.74. The minimum atomic E-state index is -0.825. The van der Waals surface area contributed by atoms with Gasteiger partial charge in [-0.2, -0.15) is 0 Å². The average molecular weight is 278 g/mol. The summed E-state index contributed by atoms with van der Waals surface area (Å²) in [6.45, 7) is 3.95. The topological polar surface area (TPSA) is 29.1 Å². The highest BCUT2D eigenvalue weighted by molar-refractivity contribution is 7.84. The van der Waals surface area contributed by atoms with Crippen molar-refractivity contribution in [2.75, 3.05) is 12.0 Å². The Balaban J connectivity index is 2.66. The van der Waals surface area contributed by atoms with Crippen LogP contribution in [-0.4, -0.2) is 22.3 Å². The molecule has 1 aromatic carbocycles. The van der Waals surface area contributed by atoms with Crippen molar-refractivity contribution in [3.8, 4) is 0 Å². The fourth-order valence-corrected chi connectivity index (χ4v) is 2.69. The second-order valence-corrected chi connectivity index (χ2v) is 6.09. The van der Waals surface area contributed by atoms with E-state index >= 15 is 0 Å². The lowest BCUT2D eigenvalue weighted by molar-refractivity contribution is 0.507. The summed E-state index contributed by atoms with van der Waals surface area (Å²) < 4.78 is 24.1. The number of nitrogens with one attached hydrogen (secondary N) is 1. The molecule has 3 unspecified atom stereocenters. The van der Waals surface area contributed by atoms with Gasteiger partial charge in [0.1, 0.15) is 5.82 Å². The van der Waals surface area contributed by atoms with Gasteiger partial charge < -0.3 is 5.32 Å². The molecule has 0 heterocycles. The number of hydrogen-bond donors (Lipinski definition) is 1. The lowest BCUT2D eigenvalue weighted by atomic mass is 10.1. The zero-order valence-electron chi connectivity index (χ0n) is 10.2. The SMILES string of the molecule is CC(CS(C)=O)NC(C)c1ccc(F)c(Cl)c1. The molecule has 0 aromatic heterocycles. The van der Waals surface area contributed by atoms with Gasteiger partial charge in [0, 0.05) is 34.9 Å². The molecule has 0 aliphatic heterocycles. The molecule has 0 radical (unpaired) electrons. The maximum Gasteiger partial charge on any atom is 0.141 e. The lowest BCUT2D eigenvalue weighted by Crippen LogP contribution is -2.33. The predicted octanol–water partition coefficient (Wildman–Crippen LogP) is 2.90. The molecule has 1 aromatic rings. The Morgan fingerprint density at radius 1 is 1.47 bits per heavy atom. The van der Waals surface area contributed by atoms with Crippen LogP contribution in [0.1, 0.15) is 25.5 Å². The molecule has 96 valence electrons. The molecule has 0 saturated heterocycles. The van der Waals surface area contributed by atoms with Crippen molar-refractivity contribution in [1.82, 2.24) is 5.32 Å². The van der Waals surface area contributed by atoms with E-state index in [1.54, 1.807) is 18.4 Å². The Kier molecular flexibility index (Phi) is 5.56. The summed E-state index contributed by atoms with van der Waals surface area (Å²) in [5.74, 6) is 0.185. The smallest absolute Gasteiger partial charge is 0.141 e. The third-order valence-corrected chi connectivity index (χ3v) is 3.72. The third-order valence-electron chi connectivity index (χ3n) is 2.46. The molecule has 5 heteroatoms. The van der Waals surface area contributed by atoms with E-state index in [9.17, 15) is 8.60 Å². The van der Waals surface area contributed by atoms with Crippen LogP contribution in [0.3, 0.4) is 0 Å². The second kappa shape index (κ2) is 6.47. The summed E-state index contributed by atoms with van der Waals surface area (Å²) in [5, 5.41) is 3.43. The summed E-state index contributed by atoms with van der Waals surface area (Å²) in [5.41, 5.74) is 0.921. The molecule has 0 fully saturated rings. The first-order valence-electron chi connectivity index (χ1n) is 5.41. The Morgan fingerprint density at radius 2 is 2.12 bits per heavy atom. The molecule has 3 atom stereocenters. The Labute approximate surface area is 109 Å². The zero-order valence-corrected chi connectivity index (χ0v) is 11.7. The quantitative estimate of drug-likeness (QED) is 0.897. The highest BCUT2D eigenvalue weighted by Gasteiger charge is 2.12. The monoisotopic (exact) mass is 277 g/mol. The molecule has 0 amide bonds. The number of halogens is 2. The Bertz CT molecular complexity index is 413. The standard InChI is InChI=1S/C12H17ClFNOS/c1-8(7-17(3)16)15-9(2)10-4-5-12(14)11(13)6-10/h4-6,8-9,15H,7H2,1-3H3.